The van der Waals surface area contributed by atoms with Crippen LogP contribution in [0, 0.1) is 0 Å². The lowest BCUT2D eigenvalue weighted by Gasteiger charge is -2.35. The van der Waals surface area contributed by atoms with E-state index in [-0.39, 0.29) is 0 Å². The van der Waals surface area contributed by atoms with Crippen LogP contribution in [-0.2, 0) is 6.42 Å². The maximum Gasteiger partial charge on any atom is 0.158 e. The molecular formula is C14H21NO2. The molecule has 1 aromatic rings. The van der Waals surface area contributed by atoms with Crippen molar-refractivity contribution in [2.75, 3.05) is 0 Å². The highest BCUT2D eigenvalue weighted by atomic mass is 16.5. The standard InChI is InChI=1S/C14H21NO2/c1-2-3-4-9-14(15)10-8-11-12(16)6-5-7-13(11)17-14/h5-7,16H,2-4,8-10,15H2,1H3. The van der Waals surface area contributed by atoms with Crippen LogP contribution in [0.2, 0.25) is 0 Å². The molecule has 0 bridgehead atoms. The fraction of sp³-hybridized carbons (Fsp3) is 0.571. The van der Waals surface area contributed by atoms with Gasteiger partial charge in [-0.1, -0.05) is 25.8 Å². The van der Waals surface area contributed by atoms with Gasteiger partial charge in [-0.25, -0.2) is 0 Å². The first kappa shape index (κ1) is 12.2. The molecule has 1 aromatic carbocycles. The third kappa shape index (κ3) is 2.72. The van der Waals surface area contributed by atoms with Crippen molar-refractivity contribution in [2.24, 2.45) is 5.73 Å². The largest absolute Gasteiger partial charge is 0.508 e. The molecule has 3 heteroatoms. The van der Waals surface area contributed by atoms with Crippen LogP contribution in [-0.4, -0.2) is 10.8 Å². The van der Waals surface area contributed by atoms with Crippen LogP contribution in [0.5, 0.6) is 11.5 Å². The lowest BCUT2D eigenvalue weighted by molar-refractivity contribution is 0.0405. The van der Waals surface area contributed by atoms with Gasteiger partial charge in [0, 0.05) is 18.4 Å². The zero-order valence-corrected chi connectivity index (χ0v) is 10.4. The van der Waals surface area contributed by atoms with Crippen LogP contribution in [0.1, 0.15) is 44.6 Å². The van der Waals surface area contributed by atoms with Gasteiger partial charge < -0.3 is 9.84 Å². The van der Waals surface area contributed by atoms with Gasteiger partial charge in [-0.3, -0.25) is 5.73 Å². The van der Waals surface area contributed by atoms with Crippen molar-refractivity contribution in [3.8, 4) is 11.5 Å². The molecule has 0 radical (unpaired) electrons. The van der Waals surface area contributed by atoms with Crippen LogP contribution in [0.25, 0.3) is 0 Å². The molecule has 0 amide bonds. The number of fused-ring (bicyclic) bond motifs is 1. The predicted molar refractivity (Wildman–Crippen MR) is 68.1 cm³/mol. The van der Waals surface area contributed by atoms with E-state index in [0.29, 0.717) is 5.75 Å². The maximum absolute atomic E-state index is 9.72. The molecule has 0 saturated carbocycles. The number of benzene rings is 1. The van der Waals surface area contributed by atoms with Crippen molar-refractivity contribution < 1.29 is 9.84 Å². The SMILES string of the molecule is CCCCCC1(N)CCc2c(O)cccc2O1. The minimum atomic E-state index is -0.546. The summed E-state index contributed by atoms with van der Waals surface area (Å²) in [4.78, 5) is 0. The first-order valence-corrected chi connectivity index (χ1v) is 6.43. The van der Waals surface area contributed by atoms with Crippen LogP contribution >= 0.6 is 0 Å². The number of hydrogen-bond donors (Lipinski definition) is 2. The van der Waals surface area contributed by atoms with E-state index in [1.165, 1.54) is 12.8 Å². The fourth-order valence-electron chi connectivity index (χ4n) is 2.36. The Morgan fingerprint density at radius 2 is 2.24 bits per heavy atom. The van der Waals surface area contributed by atoms with E-state index in [1.807, 2.05) is 6.07 Å². The van der Waals surface area contributed by atoms with Gasteiger partial charge >= 0.3 is 0 Å². The van der Waals surface area contributed by atoms with Gasteiger partial charge in [0.1, 0.15) is 11.5 Å². The number of ether oxygens (including phenoxy) is 1. The Hall–Kier alpha value is -1.22. The second kappa shape index (κ2) is 4.96. The molecule has 1 heterocycles. The average Bonchev–Trinajstić information content (AvgIpc) is 2.29. The van der Waals surface area contributed by atoms with Gasteiger partial charge in [-0.05, 0) is 25.0 Å². The van der Waals surface area contributed by atoms with Gasteiger partial charge in [0.2, 0.25) is 0 Å². The van der Waals surface area contributed by atoms with Gasteiger partial charge in [0.25, 0.3) is 0 Å². The quantitative estimate of drug-likeness (QED) is 0.789. The van der Waals surface area contributed by atoms with Gasteiger partial charge in [-0.15, -0.1) is 0 Å². The monoisotopic (exact) mass is 235 g/mol. The van der Waals surface area contributed by atoms with E-state index in [4.69, 9.17) is 10.5 Å². The van der Waals surface area contributed by atoms with Crippen molar-refractivity contribution in [1.82, 2.24) is 0 Å². The molecule has 3 nitrogen and oxygen atoms in total. The minimum Gasteiger partial charge on any atom is -0.508 e. The number of rotatable bonds is 4. The molecule has 0 saturated heterocycles. The fourth-order valence-corrected chi connectivity index (χ4v) is 2.36. The highest BCUT2D eigenvalue weighted by Crippen LogP contribution is 2.37. The summed E-state index contributed by atoms with van der Waals surface area (Å²) in [5.41, 5.74) is 6.61. The number of nitrogens with two attached hydrogens (primary N) is 1. The minimum absolute atomic E-state index is 0.318. The van der Waals surface area contributed by atoms with Crippen LogP contribution in [0.15, 0.2) is 18.2 Å². The molecule has 17 heavy (non-hydrogen) atoms. The number of unbranched alkanes of at least 4 members (excludes halogenated alkanes) is 2. The summed E-state index contributed by atoms with van der Waals surface area (Å²) in [6, 6.07) is 5.38. The van der Waals surface area contributed by atoms with Gasteiger partial charge in [0.05, 0.1) is 0 Å². The molecule has 0 aliphatic carbocycles. The Morgan fingerprint density at radius 1 is 1.41 bits per heavy atom. The van der Waals surface area contributed by atoms with Crippen LogP contribution < -0.4 is 10.5 Å². The first-order valence-electron chi connectivity index (χ1n) is 6.43. The van der Waals surface area contributed by atoms with E-state index < -0.39 is 5.72 Å². The summed E-state index contributed by atoms with van der Waals surface area (Å²) in [6.07, 6.45) is 5.94. The van der Waals surface area contributed by atoms with Crippen LogP contribution in [0.4, 0.5) is 0 Å². The van der Waals surface area contributed by atoms with Crippen molar-refractivity contribution in [2.45, 2.75) is 51.2 Å². The number of phenols is 1. The topological polar surface area (TPSA) is 55.5 Å². The normalized spacial score (nSPS) is 22.9. The van der Waals surface area contributed by atoms with Crippen molar-refractivity contribution >= 4 is 0 Å². The molecular weight excluding hydrogens is 214 g/mol. The third-order valence-corrected chi connectivity index (χ3v) is 3.42. The molecule has 0 fully saturated rings. The second-order valence-corrected chi connectivity index (χ2v) is 4.88. The molecule has 1 aliphatic heterocycles. The molecule has 1 atom stereocenters. The van der Waals surface area contributed by atoms with Crippen molar-refractivity contribution in [1.29, 1.82) is 0 Å². The maximum atomic E-state index is 9.72. The predicted octanol–water partition coefficient (Wildman–Crippen LogP) is 2.95. The van der Waals surface area contributed by atoms with Crippen molar-refractivity contribution in [3.63, 3.8) is 0 Å². The number of aromatic hydroxyl groups is 1. The lowest BCUT2D eigenvalue weighted by Crippen LogP contribution is -2.48. The Morgan fingerprint density at radius 3 is 3.00 bits per heavy atom. The Labute approximate surface area is 103 Å². The number of phenolic OH excluding ortho intramolecular Hbond substituents is 1. The van der Waals surface area contributed by atoms with E-state index in [9.17, 15) is 5.11 Å². The van der Waals surface area contributed by atoms with Crippen LogP contribution in [0.3, 0.4) is 0 Å². The molecule has 1 aliphatic rings. The van der Waals surface area contributed by atoms with Gasteiger partial charge in [0.15, 0.2) is 5.72 Å². The first-order chi connectivity index (χ1) is 8.14. The van der Waals surface area contributed by atoms with E-state index in [0.717, 1.165) is 37.0 Å². The smallest absolute Gasteiger partial charge is 0.158 e. The summed E-state index contributed by atoms with van der Waals surface area (Å²) < 4.78 is 5.86. The number of hydrogen-bond acceptors (Lipinski definition) is 3. The zero-order chi connectivity index (χ0) is 12.3. The highest BCUT2D eigenvalue weighted by molar-refractivity contribution is 5.45. The van der Waals surface area contributed by atoms with Gasteiger partial charge in [-0.2, -0.15) is 0 Å². The Kier molecular flexibility index (Phi) is 3.57. The van der Waals surface area contributed by atoms with E-state index >= 15 is 0 Å². The van der Waals surface area contributed by atoms with E-state index in [2.05, 4.69) is 6.92 Å². The second-order valence-electron chi connectivity index (χ2n) is 4.88. The van der Waals surface area contributed by atoms with E-state index in [1.54, 1.807) is 12.1 Å². The molecule has 3 N–H and O–H groups in total. The van der Waals surface area contributed by atoms with Crippen molar-refractivity contribution in [3.05, 3.63) is 23.8 Å². The Balaban J connectivity index is 2.07. The summed E-state index contributed by atoms with van der Waals surface area (Å²) >= 11 is 0. The molecule has 1 unspecified atom stereocenters. The molecule has 94 valence electrons. The lowest BCUT2D eigenvalue weighted by atomic mass is 9.93. The summed E-state index contributed by atoms with van der Waals surface area (Å²) in [7, 11) is 0. The average molecular weight is 235 g/mol. The molecule has 0 aromatic heterocycles. The zero-order valence-electron chi connectivity index (χ0n) is 10.4. The Bertz CT molecular complexity index is 392. The highest BCUT2D eigenvalue weighted by Gasteiger charge is 2.32. The molecule has 0 spiro atoms. The summed E-state index contributed by atoms with van der Waals surface area (Å²) in [6.45, 7) is 2.18. The third-order valence-electron chi connectivity index (χ3n) is 3.42. The summed E-state index contributed by atoms with van der Waals surface area (Å²) in [5.74, 6) is 1.06. The molecule has 2 rings (SSSR count). The summed E-state index contributed by atoms with van der Waals surface area (Å²) in [5, 5.41) is 9.72.